The Morgan fingerprint density at radius 2 is 1.50 bits per heavy atom. The van der Waals surface area contributed by atoms with Crippen molar-refractivity contribution in [3.8, 4) is 11.5 Å². The Morgan fingerprint density at radius 1 is 0.906 bits per heavy atom. The lowest BCUT2D eigenvalue weighted by molar-refractivity contribution is 0.290. The second-order valence-electron chi connectivity index (χ2n) is 8.52. The van der Waals surface area contributed by atoms with E-state index in [0.717, 1.165) is 23.7 Å². The molecule has 0 aliphatic carbocycles. The van der Waals surface area contributed by atoms with Crippen molar-refractivity contribution < 1.29 is 9.84 Å². The van der Waals surface area contributed by atoms with Crippen LogP contribution in [0.2, 0.25) is 0 Å². The number of rotatable bonds is 5. The van der Waals surface area contributed by atoms with Crippen LogP contribution < -0.4 is 14.5 Å². The van der Waals surface area contributed by atoms with E-state index in [1.165, 1.54) is 39.4 Å². The fraction of sp³-hybridized carbons (Fsp3) is 0.214. The lowest BCUT2D eigenvalue weighted by atomic mass is 9.74. The topological polar surface area (TPSA) is 35.9 Å². The molecule has 32 heavy (non-hydrogen) atoms. The highest BCUT2D eigenvalue weighted by Gasteiger charge is 2.45. The molecule has 0 saturated carbocycles. The fourth-order valence-electron chi connectivity index (χ4n) is 5.49. The molecule has 3 aromatic carbocycles. The van der Waals surface area contributed by atoms with Gasteiger partial charge >= 0.3 is 0 Å². The van der Waals surface area contributed by atoms with E-state index >= 15 is 0 Å². The number of aliphatic hydroxyl groups excluding tert-OH is 1. The van der Waals surface area contributed by atoms with Crippen molar-refractivity contribution in [1.82, 2.24) is 0 Å². The summed E-state index contributed by atoms with van der Waals surface area (Å²) in [7, 11) is 0. The van der Waals surface area contributed by atoms with Crippen molar-refractivity contribution in [3.63, 3.8) is 0 Å². The van der Waals surface area contributed by atoms with Gasteiger partial charge < -0.3 is 19.6 Å². The van der Waals surface area contributed by atoms with Crippen LogP contribution in [0.1, 0.15) is 42.9 Å². The van der Waals surface area contributed by atoms with Crippen molar-refractivity contribution in [1.29, 1.82) is 0 Å². The third-order valence-electron chi connectivity index (χ3n) is 6.72. The molecule has 1 unspecified atom stereocenters. The number of allylic oxidation sites excluding steroid dienone is 4. The van der Waals surface area contributed by atoms with Crippen LogP contribution in [-0.2, 0) is 0 Å². The number of aliphatic hydroxyl groups is 1. The van der Waals surface area contributed by atoms with Crippen LogP contribution >= 0.6 is 0 Å². The smallest absolute Gasteiger partial charge is 0.133 e. The number of ether oxygens (including phenoxy) is 1. The second kappa shape index (κ2) is 7.28. The lowest BCUT2D eigenvalue weighted by Crippen LogP contribution is -2.34. The summed E-state index contributed by atoms with van der Waals surface area (Å²) < 4.78 is 6.48. The molecule has 3 aliphatic rings. The fourth-order valence-corrected chi connectivity index (χ4v) is 5.49. The number of hydrogen-bond acceptors (Lipinski definition) is 4. The molecule has 0 fully saturated rings. The van der Waals surface area contributed by atoms with Crippen molar-refractivity contribution in [2.45, 2.75) is 26.2 Å². The first-order chi connectivity index (χ1) is 15.7. The van der Waals surface area contributed by atoms with Gasteiger partial charge in [0, 0.05) is 52.8 Å². The number of nitrogens with zero attached hydrogens (tertiary/aromatic N) is 2. The summed E-state index contributed by atoms with van der Waals surface area (Å²) in [6.07, 6.45) is 7.02. The molecule has 1 atom stereocenters. The van der Waals surface area contributed by atoms with E-state index in [0.29, 0.717) is 6.42 Å². The predicted molar refractivity (Wildman–Crippen MR) is 130 cm³/mol. The average molecular weight is 423 g/mol. The molecule has 3 aliphatic heterocycles. The molecule has 0 amide bonds. The lowest BCUT2D eigenvalue weighted by Gasteiger charge is -2.47. The van der Waals surface area contributed by atoms with Crippen molar-refractivity contribution in [2.24, 2.45) is 0 Å². The van der Waals surface area contributed by atoms with Gasteiger partial charge in [-0.15, -0.1) is 0 Å². The molecule has 3 aromatic rings. The molecule has 160 valence electrons. The molecule has 0 spiro atoms. The Kier molecular flexibility index (Phi) is 4.37. The summed E-state index contributed by atoms with van der Waals surface area (Å²) in [4.78, 5) is 4.72. The SMILES string of the molecule is CC=CC=C(C)N1c2cccc3c2C2c4c(cccc4N(CCCO)c4cccc1c42)O3. The molecule has 0 saturated heterocycles. The van der Waals surface area contributed by atoms with E-state index in [1.807, 2.05) is 6.92 Å². The molecule has 4 heteroatoms. The van der Waals surface area contributed by atoms with Gasteiger partial charge in [0.05, 0.1) is 11.4 Å². The maximum Gasteiger partial charge on any atom is 0.133 e. The van der Waals surface area contributed by atoms with Gasteiger partial charge in [0.15, 0.2) is 0 Å². The Hall–Kier alpha value is -3.50. The van der Waals surface area contributed by atoms with Gasteiger partial charge in [-0.3, -0.25) is 0 Å². The number of hydrogen-bond donors (Lipinski definition) is 1. The van der Waals surface area contributed by atoms with Gasteiger partial charge in [0.1, 0.15) is 11.5 Å². The maximum absolute atomic E-state index is 9.57. The first kappa shape index (κ1) is 19.2. The van der Waals surface area contributed by atoms with Gasteiger partial charge in [0.2, 0.25) is 0 Å². The standard InChI is InChI=1S/C28H26N2O2/c1-3-4-9-18(2)30-21-12-5-10-19-25(21)28-26-20(29(19)16-8-17-31)11-6-14-23(26)32-24-15-7-13-22(30)27(24)28/h3-7,9-15,28,31H,8,16-17H2,1-2H3. The monoisotopic (exact) mass is 422 g/mol. The molecule has 1 N–H and O–H groups in total. The summed E-state index contributed by atoms with van der Waals surface area (Å²) in [5.74, 6) is 2.01. The van der Waals surface area contributed by atoms with Crippen molar-refractivity contribution in [3.05, 3.63) is 95.2 Å². The van der Waals surface area contributed by atoms with Gasteiger partial charge in [-0.1, -0.05) is 30.4 Å². The third-order valence-corrected chi connectivity index (χ3v) is 6.72. The Labute approximate surface area is 188 Å². The summed E-state index contributed by atoms with van der Waals surface area (Å²) in [5, 5.41) is 9.57. The van der Waals surface area contributed by atoms with Crippen LogP contribution in [0, 0.1) is 0 Å². The Morgan fingerprint density at radius 3 is 2.19 bits per heavy atom. The Balaban J connectivity index is 1.68. The highest BCUT2D eigenvalue weighted by Crippen LogP contribution is 2.63. The normalized spacial score (nSPS) is 17.5. The van der Waals surface area contributed by atoms with E-state index in [1.54, 1.807) is 0 Å². The van der Waals surface area contributed by atoms with E-state index < -0.39 is 0 Å². The zero-order valence-electron chi connectivity index (χ0n) is 18.4. The Bertz CT molecular complexity index is 1290. The van der Waals surface area contributed by atoms with E-state index in [-0.39, 0.29) is 12.5 Å². The maximum atomic E-state index is 9.57. The predicted octanol–water partition coefficient (Wildman–Crippen LogP) is 6.74. The molecular formula is C28H26N2O2. The summed E-state index contributed by atoms with van der Waals surface area (Å²) in [5.41, 5.74) is 9.75. The molecular weight excluding hydrogens is 396 g/mol. The van der Waals surface area contributed by atoms with Gasteiger partial charge in [-0.2, -0.15) is 0 Å². The quantitative estimate of drug-likeness (QED) is 0.361. The largest absolute Gasteiger partial charge is 0.457 e. The number of anilines is 4. The molecule has 0 bridgehead atoms. The molecule has 0 aromatic heterocycles. The van der Waals surface area contributed by atoms with Crippen LogP contribution in [0.5, 0.6) is 11.5 Å². The third kappa shape index (κ3) is 2.53. The number of benzene rings is 3. The minimum Gasteiger partial charge on any atom is -0.457 e. The highest BCUT2D eigenvalue weighted by atomic mass is 16.5. The zero-order valence-corrected chi connectivity index (χ0v) is 18.4. The van der Waals surface area contributed by atoms with Gasteiger partial charge in [0.25, 0.3) is 0 Å². The van der Waals surface area contributed by atoms with E-state index in [4.69, 9.17) is 4.74 Å². The van der Waals surface area contributed by atoms with E-state index in [9.17, 15) is 5.11 Å². The first-order valence-electron chi connectivity index (χ1n) is 11.3. The highest BCUT2D eigenvalue weighted by molar-refractivity contribution is 5.93. The van der Waals surface area contributed by atoms with E-state index in [2.05, 4.69) is 89.5 Å². The van der Waals surface area contributed by atoms with Gasteiger partial charge in [-0.05, 0) is 62.7 Å². The average Bonchev–Trinajstić information content (AvgIpc) is 2.82. The first-order valence-corrected chi connectivity index (χ1v) is 11.3. The zero-order chi connectivity index (χ0) is 21.8. The molecule has 6 rings (SSSR count). The summed E-state index contributed by atoms with van der Waals surface area (Å²) in [6.45, 7) is 5.13. The molecule has 0 radical (unpaired) electrons. The van der Waals surface area contributed by atoms with Crippen molar-refractivity contribution in [2.75, 3.05) is 23.0 Å². The molecule has 4 nitrogen and oxygen atoms in total. The van der Waals surface area contributed by atoms with Crippen LogP contribution in [-0.4, -0.2) is 18.3 Å². The van der Waals surface area contributed by atoms with Crippen LogP contribution in [0.15, 0.2) is 78.5 Å². The van der Waals surface area contributed by atoms with Crippen molar-refractivity contribution >= 4 is 22.7 Å². The molecule has 3 heterocycles. The van der Waals surface area contributed by atoms with Gasteiger partial charge in [-0.25, -0.2) is 0 Å². The second-order valence-corrected chi connectivity index (χ2v) is 8.52. The minimum absolute atomic E-state index is 0.142. The summed E-state index contributed by atoms with van der Waals surface area (Å²) in [6, 6.07) is 19.3. The van der Waals surface area contributed by atoms with Crippen LogP contribution in [0.3, 0.4) is 0 Å². The summed E-state index contributed by atoms with van der Waals surface area (Å²) >= 11 is 0. The van der Waals surface area contributed by atoms with Crippen LogP contribution in [0.4, 0.5) is 22.7 Å². The minimum atomic E-state index is 0.142. The van der Waals surface area contributed by atoms with Crippen LogP contribution in [0.25, 0.3) is 0 Å².